The third-order valence-electron chi connectivity index (χ3n) is 3.91. The maximum Gasteiger partial charge on any atom is 0.268 e. The van der Waals surface area contributed by atoms with Gasteiger partial charge in [0, 0.05) is 18.0 Å². The minimum atomic E-state index is -0.464. The molecule has 2 heterocycles. The summed E-state index contributed by atoms with van der Waals surface area (Å²) in [7, 11) is 0. The Morgan fingerprint density at radius 1 is 1.36 bits per heavy atom. The normalized spacial score (nSPS) is 11.9. The summed E-state index contributed by atoms with van der Waals surface area (Å²) in [4.78, 5) is 22.5. The number of carbonyl (C=O) groups is 1. The van der Waals surface area contributed by atoms with Crippen LogP contribution in [0.25, 0.3) is 11.3 Å². The Kier molecular flexibility index (Phi) is 5.06. The van der Waals surface area contributed by atoms with Crippen molar-refractivity contribution in [2.24, 2.45) is 0 Å². The van der Waals surface area contributed by atoms with Gasteiger partial charge in [-0.1, -0.05) is 30.3 Å². The van der Waals surface area contributed by atoms with Gasteiger partial charge in [0.15, 0.2) is 4.77 Å². The van der Waals surface area contributed by atoms with Gasteiger partial charge in [-0.25, -0.2) is 4.98 Å². The Labute approximate surface area is 150 Å². The topological polar surface area (TPSA) is 93.8 Å². The second-order valence-electron chi connectivity index (χ2n) is 5.67. The molecule has 3 aromatic rings. The van der Waals surface area contributed by atoms with Gasteiger partial charge >= 0.3 is 0 Å². The van der Waals surface area contributed by atoms with Crippen LogP contribution < -0.4 is 5.32 Å². The van der Waals surface area contributed by atoms with Crippen molar-refractivity contribution in [1.82, 2.24) is 20.3 Å². The SMILES string of the molecule is Cc1cnc(=S)[nH]c1-c1c[nH]c(C(=O)NC(CO)c2ccccc2)c1. The molecule has 0 radical (unpaired) electrons. The van der Waals surface area contributed by atoms with Gasteiger partial charge < -0.3 is 20.4 Å². The van der Waals surface area contributed by atoms with E-state index in [0.29, 0.717) is 10.5 Å². The first-order valence-corrected chi connectivity index (χ1v) is 8.20. The molecular formula is C18H18N4O2S. The smallest absolute Gasteiger partial charge is 0.268 e. The first-order valence-electron chi connectivity index (χ1n) is 7.80. The van der Waals surface area contributed by atoms with E-state index in [0.717, 1.165) is 22.4 Å². The van der Waals surface area contributed by atoms with E-state index < -0.39 is 6.04 Å². The number of aryl methyl sites for hydroxylation is 1. The lowest BCUT2D eigenvalue weighted by Gasteiger charge is -2.16. The second-order valence-corrected chi connectivity index (χ2v) is 6.05. The van der Waals surface area contributed by atoms with E-state index >= 15 is 0 Å². The van der Waals surface area contributed by atoms with Crippen molar-refractivity contribution in [2.45, 2.75) is 13.0 Å². The van der Waals surface area contributed by atoms with E-state index in [-0.39, 0.29) is 12.5 Å². The van der Waals surface area contributed by atoms with Crippen molar-refractivity contribution in [2.75, 3.05) is 6.61 Å². The van der Waals surface area contributed by atoms with E-state index in [1.54, 1.807) is 18.5 Å². The molecule has 0 spiro atoms. The Bertz CT molecular complexity index is 934. The van der Waals surface area contributed by atoms with Crippen molar-refractivity contribution in [3.8, 4) is 11.3 Å². The first kappa shape index (κ1) is 17.1. The zero-order valence-corrected chi connectivity index (χ0v) is 14.4. The highest BCUT2D eigenvalue weighted by molar-refractivity contribution is 7.71. The van der Waals surface area contributed by atoms with Gasteiger partial charge in [0.25, 0.3) is 5.91 Å². The van der Waals surface area contributed by atoms with Gasteiger partial charge in [-0.05, 0) is 36.3 Å². The maximum absolute atomic E-state index is 12.5. The number of nitrogens with one attached hydrogen (secondary N) is 3. The Morgan fingerprint density at radius 3 is 2.84 bits per heavy atom. The predicted octanol–water partition coefficient (Wildman–Crippen LogP) is 2.91. The zero-order chi connectivity index (χ0) is 17.8. The number of amides is 1. The van der Waals surface area contributed by atoms with Gasteiger partial charge in [0.2, 0.25) is 0 Å². The summed E-state index contributed by atoms with van der Waals surface area (Å²) < 4.78 is 0.386. The summed E-state index contributed by atoms with van der Waals surface area (Å²) in [5.41, 5.74) is 3.81. The molecule has 0 aliphatic rings. The molecule has 1 amide bonds. The summed E-state index contributed by atoms with van der Waals surface area (Å²) in [6, 6.07) is 10.6. The molecule has 1 aromatic carbocycles. The zero-order valence-electron chi connectivity index (χ0n) is 13.6. The van der Waals surface area contributed by atoms with Gasteiger partial charge in [-0.2, -0.15) is 0 Å². The van der Waals surface area contributed by atoms with Crippen LogP contribution in [0, 0.1) is 11.7 Å². The average molecular weight is 354 g/mol. The number of benzene rings is 1. The number of aliphatic hydroxyl groups is 1. The number of hydrogen-bond acceptors (Lipinski definition) is 4. The molecule has 0 aliphatic carbocycles. The van der Waals surface area contributed by atoms with Crippen LogP contribution in [0.3, 0.4) is 0 Å². The van der Waals surface area contributed by atoms with Crippen molar-refractivity contribution in [3.63, 3.8) is 0 Å². The lowest BCUT2D eigenvalue weighted by molar-refractivity contribution is 0.0912. The third kappa shape index (κ3) is 3.84. The minimum absolute atomic E-state index is 0.181. The number of rotatable bonds is 5. The molecule has 2 aromatic heterocycles. The molecule has 0 fully saturated rings. The van der Waals surface area contributed by atoms with Crippen molar-refractivity contribution >= 4 is 18.1 Å². The van der Waals surface area contributed by atoms with Crippen LogP contribution in [0.1, 0.15) is 27.7 Å². The Balaban J connectivity index is 1.81. The van der Waals surface area contributed by atoms with E-state index in [1.807, 2.05) is 37.3 Å². The molecule has 4 N–H and O–H groups in total. The average Bonchev–Trinajstić information content (AvgIpc) is 3.12. The van der Waals surface area contributed by atoms with Crippen LogP contribution in [0.2, 0.25) is 0 Å². The number of carbonyl (C=O) groups excluding carboxylic acids is 1. The molecule has 0 saturated carbocycles. The summed E-state index contributed by atoms with van der Waals surface area (Å²) in [5.74, 6) is -0.292. The lowest BCUT2D eigenvalue weighted by atomic mass is 10.1. The van der Waals surface area contributed by atoms with Crippen LogP contribution in [-0.2, 0) is 0 Å². The molecule has 7 heteroatoms. The second kappa shape index (κ2) is 7.42. The molecule has 1 atom stereocenters. The van der Waals surface area contributed by atoms with Crippen molar-refractivity contribution in [1.29, 1.82) is 0 Å². The van der Waals surface area contributed by atoms with Crippen LogP contribution in [0.5, 0.6) is 0 Å². The van der Waals surface area contributed by atoms with E-state index in [1.165, 1.54) is 0 Å². The van der Waals surface area contributed by atoms with Gasteiger partial charge in [-0.15, -0.1) is 0 Å². The fraction of sp³-hybridized carbons (Fsp3) is 0.167. The van der Waals surface area contributed by atoms with E-state index in [9.17, 15) is 9.90 Å². The lowest BCUT2D eigenvalue weighted by Crippen LogP contribution is -2.30. The molecule has 1 unspecified atom stereocenters. The summed E-state index contributed by atoms with van der Waals surface area (Å²) in [6.07, 6.45) is 3.43. The highest BCUT2D eigenvalue weighted by Crippen LogP contribution is 2.21. The van der Waals surface area contributed by atoms with E-state index in [2.05, 4.69) is 20.3 Å². The number of aliphatic hydroxyl groups excluding tert-OH is 1. The monoisotopic (exact) mass is 354 g/mol. The largest absolute Gasteiger partial charge is 0.394 e. The van der Waals surface area contributed by atoms with Crippen molar-refractivity contribution < 1.29 is 9.90 Å². The van der Waals surface area contributed by atoms with E-state index in [4.69, 9.17) is 12.2 Å². The fourth-order valence-electron chi connectivity index (χ4n) is 2.58. The number of aromatic amines is 2. The molecule has 0 aliphatic heterocycles. The standard InChI is InChI=1S/C18H18N4O2S/c1-11-8-20-18(25)22-16(11)13-7-14(19-9-13)17(24)21-15(10-23)12-5-3-2-4-6-12/h2-9,15,19,23H,10H2,1H3,(H,21,24)(H,20,22,25). The summed E-state index contributed by atoms with van der Waals surface area (Å²) >= 11 is 5.06. The molecule has 0 saturated heterocycles. The highest BCUT2D eigenvalue weighted by Gasteiger charge is 2.17. The van der Waals surface area contributed by atoms with Gasteiger partial charge in [0.1, 0.15) is 5.69 Å². The minimum Gasteiger partial charge on any atom is -0.394 e. The molecule has 0 bridgehead atoms. The van der Waals surface area contributed by atoms with Crippen LogP contribution in [-0.4, -0.2) is 32.6 Å². The van der Waals surface area contributed by atoms with Crippen LogP contribution in [0.15, 0.2) is 48.8 Å². The number of H-pyrrole nitrogens is 2. The fourth-order valence-corrected chi connectivity index (χ4v) is 2.74. The molecular weight excluding hydrogens is 336 g/mol. The van der Waals surface area contributed by atoms with Crippen molar-refractivity contribution in [3.05, 3.63) is 70.4 Å². The Morgan fingerprint density at radius 2 is 2.12 bits per heavy atom. The number of nitrogens with zero attached hydrogens (tertiary/aromatic N) is 1. The molecule has 6 nitrogen and oxygen atoms in total. The molecule has 3 rings (SSSR count). The molecule has 128 valence electrons. The van der Waals surface area contributed by atoms with Crippen LogP contribution >= 0.6 is 12.2 Å². The first-order chi connectivity index (χ1) is 12.1. The highest BCUT2D eigenvalue weighted by atomic mass is 32.1. The van der Waals surface area contributed by atoms with Gasteiger partial charge in [0.05, 0.1) is 18.3 Å². The number of aromatic nitrogens is 3. The maximum atomic E-state index is 12.5. The Hall–Kier alpha value is -2.77. The molecule has 25 heavy (non-hydrogen) atoms. The summed E-state index contributed by atoms with van der Waals surface area (Å²) in [6.45, 7) is 1.73. The number of hydrogen-bond donors (Lipinski definition) is 4. The quantitative estimate of drug-likeness (QED) is 0.530. The van der Waals surface area contributed by atoms with Gasteiger partial charge in [-0.3, -0.25) is 4.79 Å². The predicted molar refractivity (Wildman–Crippen MR) is 97.7 cm³/mol. The van der Waals surface area contributed by atoms with Crippen LogP contribution in [0.4, 0.5) is 0 Å². The summed E-state index contributed by atoms with van der Waals surface area (Å²) in [5, 5.41) is 12.4. The third-order valence-corrected chi connectivity index (χ3v) is 4.12.